The van der Waals surface area contributed by atoms with Gasteiger partial charge >= 0.3 is 5.97 Å². The largest absolute Gasteiger partial charge is 0.497 e. The minimum atomic E-state index is -0.282. The van der Waals surface area contributed by atoms with Gasteiger partial charge in [-0.2, -0.15) is 0 Å². The van der Waals surface area contributed by atoms with Gasteiger partial charge in [-0.1, -0.05) is 37.8 Å². The molecule has 2 rings (SSSR count). The van der Waals surface area contributed by atoms with Crippen molar-refractivity contribution >= 4 is 11.9 Å². The van der Waals surface area contributed by atoms with Crippen LogP contribution in [0.3, 0.4) is 0 Å². The lowest BCUT2D eigenvalue weighted by atomic mass is 10.0. The van der Waals surface area contributed by atoms with E-state index in [0.717, 1.165) is 17.7 Å². The number of carbonyl (C=O) groups is 2. The van der Waals surface area contributed by atoms with Gasteiger partial charge in [-0.15, -0.1) is 0 Å². The van der Waals surface area contributed by atoms with E-state index in [-0.39, 0.29) is 18.5 Å². The van der Waals surface area contributed by atoms with Gasteiger partial charge in [-0.05, 0) is 30.0 Å². The van der Waals surface area contributed by atoms with Gasteiger partial charge in [0.15, 0.2) is 6.61 Å². The Morgan fingerprint density at radius 3 is 2.52 bits per heavy atom. The first-order valence-electron chi connectivity index (χ1n) is 8.22. The molecule has 0 saturated heterocycles. The van der Waals surface area contributed by atoms with Crippen molar-refractivity contribution in [2.45, 2.75) is 45.1 Å². The number of hydrogen-bond donors (Lipinski definition) is 1. The van der Waals surface area contributed by atoms with Crippen molar-refractivity contribution in [3.8, 4) is 5.75 Å². The van der Waals surface area contributed by atoms with Gasteiger partial charge in [0.2, 0.25) is 0 Å². The zero-order valence-corrected chi connectivity index (χ0v) is 13.7. The molecule has 1 amide bonds. The third kappa shape index (κ3) is 6.30. The van der Waals surface area contributed by atoms with Gasteiger partial charge in [0.1, 0.15) is 5.75 Å². The lowest BCUT2D eigenvalue weighted by Gasteiger charge is -2.09. The summed E-state index contributed by atoms with van der Waals surface area (Å²) in [7, 11) is 1.61. The minimum Gasteiger partial charge on any atom is -0.497 e. The molecule has 23 heavy (non-hydrogen) atoms. The van der Waals surface area contributed by atoms with Crippen LogP contribution in [0.15, 0.2) is 24.3 Å². The molecule has 1 fully saturated rings. The van der Waals surface area contributed by atoms with E-state index in [4.69, 9.17) is 9.47 Å². The van der Waals surface area contributed by atoms with Crippen LogP contribution in [0.5, 0.6) is 5.75 Å². The van der Waals surface area contributed by atoms with Gasteiger partial charge in [0.25, 0.3) is 5.91 Å². The Morgan fingerprint density at radius 1 is 1.17 bits per heavy atom. The van der Waals surface area contributed by atoms with Crippen LogP contribution in [0, 0.1) is 5.92 Å². The Kier molecular flexibility index (Phi) is 6.91. The standard InChI is InChI=1S/C18H25NO4/c1-22-16-9-6-15(7-10-16)12-19-17(20)13-23-18(21)11-8-14-4-2-3-5-14/h6-7,9-10,14H,2-5,8,11-13H2,1H3,(H,19,20). The highest BCUT2D eigenvalue weighted by Crippen LogP contribution is 2.28. The van der Waals surface area contributed by atoms with E-state index >= 15 is 0 Å². The summed E-state index contributed by atoms with van der Waals surface area (Å²) in [5.41, 5.74) is 0.965. The molecule has 0 heterocycles. The zero-order valence-electron chi connectivity index (χ0n) is 13.7. The molecule has 0 aromatic heterocycles. The number of carbonyl (C=O) groups excluding carboxylic acids is 2. The number of methoxy groups -OCH3 is 1. The molecule has 0 atom stereocenters. The topological polar surface area (TPSA) is 64.6 Å². The molecule has 0 unspecified atom stereocenters. The lowest BCUT2D eigenvalue weighted by molar-refractivity contribution is -0.148. The van der Waals surface area contributed by atoms with Crippen molar-refractivity contribution in [1.29, 1.82) is 0 Å². The quantitative estimate of drug-likeness (QED) is 0.748. The van der Waals surface area contributed by atoms with E-state index in [2.05, 4.69) is 5.32 Å². The maximum Gasteiger partial charge on any atom is 0.306 e. The second-order valence-electron chi connectivity index (χ2n) is 5.97. The van der Waals surface area contributed by atoms with Crippen LogP contribution in [-0.4, -0.2) is 25.6 Å². The second-order valence-corrected chi connectivity index (χ2v) is 5.97. The van der Waals surface area contributed by atoms with E-state index in [1.807, 2.05) is 24.3 Å². The summed E-state index contributed by atoms with van der Waals surface area (Å²) in [4.78, 5) is 23.3. The molecule has 0 aliphatic heterocycles. The molecule has 0 bridgehead atoms. The van der Waals surface area contributed by atoms with Crippen LogP contribution in [0.25, 0.3) is 0 Å². The van der Waals surface area contributed by atoms with E-state index in [1.54, 1.807) is 7.11 Å². The molecule has 126 valence electrons. The number of ether oxygens (including phenoxy) is 2. The number of rotatable bonds is 8. The van der Waals surface area contributed by atoms with Crippen LogP contribution in [0.1, 0.15) is 44.1 Å². The van der Waals surface area contributed by atoms with Crippen molar-refractivity contribution in [3.63, 3.8) is 0 Å². The molecule has 1 N–H and O–H groups in total. The average molecular weight is 319 g/mol. The van der Waals surface area contributed by atoms with E-state index in [1.165, 1.54) is 25.7 Å². The van der Waals surface area contributed by atoms with Crippen molar-refractivity contribution < 1.29 is 19.1 Å². The molecule has 1 aliphatic carbocycles. The summed E-state index contributed by atoms with van der Waals surface area (Å²) < 4.78 is 10.1. The second kappa shape index (κ2) is 9.18. The highest BCUT2D eigenvalue weighted by molar-refractivity contribution is 5.80. The first-order chi connectivity index (χ1) is 11.2. The molecule has 1 aromatic carbocycles. The molecule has 5 heteroatoms. The third-order valence-corrected chi connectivity index (χ3v) is 4.24. The van der Waals surface area contributed by atoms with Crippen molar-refractivity contribution in [1.82, 2.24) is 5.32 Å². The summed E-state index contributed by atoms with van der Waals surface area (Å²) in [6.07, 6.45) is 6.27. The molecule has 0 radical (unpaired) electrons. The molecule has 1 aliphatic rings. The highest BCUT2D eigenvalue weighted by Gasteiger charge is 2.17. The SMILES string of the molecule is COc1ccc(CNC(=O)COC(=O)CCC2CCCC2)cc1. The van der Waals surface area contributed by atoms with Crippen LogP contribution in [0.4, 0.5) is 0 Å². The summed E-state index contributed by atoms with van der Waals surface area (Å²) in [5, 5.41) is 2.73. The fourth-order valence-corrected chi connectivity index (χ4v) is 2.83. The van der Waals surface area contributed by atoms with E-state index in [0.29, 0.717) is 18.9 Å². The first-order valence-corrected chi connectivity index (χ1v) is 8.22. The first kappa shape index (κ1) is 17.3. The Bertz CT molecular complexity index is 506. The Hall–Kier alpha value is -2.04. The molecular weight excluding hydrogens is 294 g/mol. The smallest absolute Gasteiger partial charge is 0.306 e. The number of benzene rings is 1. The summed E-state index contributed by atoms with van der Waals surface area (Å²) in [5.74, 6) is 0.870. The minimum absolute atomic E-state index is 0.209. The summed E-state index contributed by atoms with van der Waals surface area (Å²) in [6.45, 7) is 0.197. The molecule has 0 spiro atoms. The molecule has 1 aromatic rings. The van der Waals surface area contributed by atoms with Crippen molar-refractivity contribution in [2.75, 3.05) is 13.7 Å². The Morgan fingerprint density at radius 2 is 1.87 bits per heavy atom. The fourth-order valence-electron chi connectivity index (χ4n) is 2.83. The van der Waals surface area contributed by atoms with Crippen LogP contribution in [-0.2, 0) is 20.9 Å². The van der Waals surface area contributed by atoms with Crippen LogP contribution in [0.2, 0.25) is 0 Å². The molecule has 5 nitrogen and oxygen atoms in total. The highest BCUT2D eigenvalue weighted by atomic mass is 16.5. The summed E-state index contributed by atoms with van der Waals surface area (Å²) in [6, 6.07) is 7.44. The Labute approximate surface area is 137 Å². The van der Waals surface area contributed by atoms with Gasteiger partial charge in [0.05, 0.1) is 7.11 Å². The lowest BCUT2D eigenvalue weighted by Crippen LogP contribution is -2.28. The van der Waals surface area contributed by atoms with Crippen LogP contribution >= 0.6 is 0 Å². The van der Waals surface area contributed by atoms with Gasteiger partial charge in [-0.25, -0.2) is 0 Å². The number of nitrogens with one attached hydrogen (secondary N) is 1. The van der Waals surface area contributed by atoms with Crippen LogP contribution < -0.4 is 10.1 Å². The fraction of sp³-hybridized carbons (Fsp3) is 0.556. The summed E-state index contributed by atoms with van der Waals surface area (Å²) >= 11 is 0. The predicted molar refractivity (Wildman–Crippen MR) is 87.0 cm³/mol. The van der Waals surface area contributed by atoms with Crippen molar-refractivity contribution in [2.24, 2.45) is 5.92 Å². The van der Waals surface area contributed by atoms with E-state index < -0.39 is 0 Å². The Balaban J connectivity index is 1.59. The van der Waals surface area contributed by atoms with Crippen molar-refractivity contribution in [3.05, 3.63) is 29.8 Å². The third-order valence-electron chi connectivity index (χ3n) is 4.24. The number of amides is 1. The molecule has 1 saturated carbocycles. The molecular formula is C18H25NO4. The van der Waals surface area contributed by atoms with Gasteiger partial charge < -0.3 is 14.8 Å². The maximum atomic E-state index is 11.7. The van der Waals surface area contributed by atoms with E-state index in [9.17, 15) is 9.59 Å². The predicted octanol–water partition coefficient (Wildman–Crippen LogP) is 2.83. The monoisotopic (exact) mass is 319 g/mol. The maximum absolute atomic E-state index is 11.7. The number of esters is 1. The average Bonchev–Trinajstić information content (AvgIpc) is 3.10. The zero-order chi connectivity index (χ0) is 16.5. The van der Waals surface area contributed by atoms with Gasteiger partial charge in [0, 0.05) is 13.0 Å². The van der Waals surface area contributed by atoms with Gasteiger partial charge in [-0.3, -0.25) is 9.59 Å². The number of hydrogen-bond acceptors (Lipinski definition) is 4. The normalized spacial score (nSPS) is 14.5.